The molecular formula is C20H31IN4S. The third-order valence-electron chi connectivity index (χ3n) is 3.75. The van der Waals surface area contributed by atoms with Gasteiger partial charge in [-0.3, -0.25) is 0 Å². The molecule has 2 N–H and O–H groups in total. The summed E-state index contributed by atoms with van der Waals surface area (Å²) in [6.07, 6.45) is 1.10. The minimum atomic E-state index is 0. The predicted molar refractivity (Wildman–Crippen MR) is 125 cm³/mol. The first-order chi connectivity index (χ1) is 12.1. The van der Waals surface area contributed by atoms with Crippen molar-refractivity contribution in [3.63, 3.8) is 0 Å². The Labute approximate surface area is 179 Å². The molecule has 144 valence electrons. The topological polar surface area (TPSA) is 39.7 Å². The number of hydrogen-bond donors (Lipinski definition) is 2. The number of aliphatic imine (C=N–C) groups is 1. The standard InChI is InChI=1S/C20H30N4S.HI/c1-5-18-10-11-19(25-18)14-23-20(21-6-2)22-13-16-8-7-9-17(12-16)15-24(3)4;/h7-12H,5-6,13-15H2,1-4H3,(H2,21,22,23);1H. The third-order valence-corrected chi connectivity index (χ3v) is 4.98. The molecule has 2 aromatic rings. The molecule has 0 bridgehead atoms. The van der Waals surface area contributed by atoms with Crippen molar-refractivity contribution >= 4 is 41.3 Å². The molecule has 0 aliphatic rings. The van der Waals surface area contributed by atoms with Gasteiger partial charge in [-0.05, 0) is 50.7 Å². The lowest BCUT2D eigenvalue weighted by atomic mass is 10.1. The molecule has 0 spiro atoms. The van der Waals surface area contributed by atoms with Gasteiger partial charge < -0.3 is 15.5 Å². The number of halogens is 1. The Morgan fingerprint density at radius 1 is 1.04 bits per heavy atom. The average molecular weight is 486 g/mol. The lowest BCUT2D eigenvalue weighted by Crippen LogP contribution is -2.36. The zero-order valence-corrected chi connectivity index (χ0v) is 19.4. The molecular weight excluding hydrogens is 455 g/mol. The summed E-state index contributed by atoms with van der Waals surface area (Å²) in [6, 6.07) is 13.1. The highest BCUT2D eigenvalue weighted by Crippen LogP contribution is 2.16. The first kappa shape index (κ1) is 22.9. The van der Waals surface area contributed by atoms with E-state index < -0.39 is 0 Å². The van der Waals surface area contributed by atoms with Crippen molar-refractivity contribution < 1.29 is 0 Å². The van der Waals surface area contributed by atoms with Crippen LogP contribution in [-0.2, 0) is 26.1 Å². The molecule has 1 heterocycles. The van der Waals surface area contributed by atoms with Crippen LogP contribution < -0.4 is 10.6 Å². The van der Waals surface area contributed by atoms with Gasteiger partial charge in [0.25, 0.3) is 0 Å². The summed E-state index contributed by atoms with van der Waals surface area (Å²) in [5.74, 6) is 0.868. The Balaban J connectivity index is 0.00000338. The molecule has 1 aromatic heterocycles. The maximum atomic E-state index is 4.73. The van der Waals surface area contributed by atoms with Crippen LogP contribution in [0, 0.1) is 0 Å². The minimum absolute atomic E-state index is 0. The normalized spacial score (nSPS) is 11.3. The number of thiophene rings is 1. The van der Waals surface area contributed by atoms with Crippen molar-refractivity contribution in [2.45, 2.75) is 39.9 Å². The van der Waals surface area contributed by atoms with Crippen molar-refractivity contribution in [2.24, 2.45) is 4.99 Å². The first-order valence-corrected chi connectivity index (χ1v) is 9.74. The van der Waals surface area contributed by atoms with Crippen LogP contribution >= 0.6 is 35.3 Å². The molecule has 0 fully saturated rings. The third kappa shape index (κ3) is 8.05. The van der Waals surface area contributed by atoms with Crippen LogP contribution in [0.4, 0.5) is 0 Å². The lowest BCUT2D eigenvalue weighted by molar-refractivity contribution is 0.402. The molecule has 0 radical (unpaired) electrons. The molecule has 0 saturated carbocycles. The number of benzene rings is 1. The molecule has 0 unspecified atom stereocenters. The van der Waals surface area contributed by atoms with Gasteiger partial charge in [-0.25, -0.2) is 4.99 Å². The van der Waals surface area contributed by atoms with E-state index in [1.54, 1.807) is 0 Å². The van der Waals surface area contributed by atoms with E-state index in [0.717, 1.165) is 32.0 Å². The zero-order chi connectivity index (χ0) is 18.1. The number of guanidine groups is 1. The molecule has 0 aliphatic heterocycles. The number of hydrogen-bond acceptors (Lipinski definition) is 3. The molecule has 1 aromatic carbocycles. The van der Waals surface area contributed by atoms with Gasteiger partial charge in [0.15, 0.2) is 5.96 Å². The van der Waals surface area contributed by atoms with Crippen LogP contribution in [0.5, 0.6) is 0 Å². The smallest absolute Gasteiger partial charge is 0.191 e. The van der Waals surface area contributed by atoms with E-state index in [1.807, 2.05) is 11.3 Å². The van der Waals surface area contributed by atoms with E-state index >= 15 is 0 Å². The fourth-order valence-electron chi connectivity index (χ4n) is 2.58. The van der Waals surface area contributed by atoms with Crippen LogP contribution in [0.15, 0.2) is 41.4 Å². The fraction of sp³-hybridized carbons (Fsp3) is 0.450. The van der Waals surface area contributed by atoms with E-state index in [1.165, 1.54) is 20.9 Å². The second kappa shape index (κ2) is 12.3. The molecule has 0 atom stereocenters. The monoisotopic (exact) mass is 486 g/mol. The molecule has 0 saturated heterocycles. The fourth-order valence-corrected chi connectivity index (χ4v) is 3.48. The Hall–Kier alpha value is -1.12. The van der Waals surface area contributed by atoms with Crippen LogP contribution in [0.3, 0.4) is 0 Å². The summed E-state index contributed by atoms with van der Waals surface area (Å²) in [7, 11) is 4.18. The number of nitrogens with one attached hydrogen (secondary N) is 2. The van der Waals surface area contributed by atoms with E-state index in [9.17, 15) is 0 Å². The van der Waals surface area contributed by atoms with Gasteiger partial charge in [0, 0.05) is 22.8 Å². The van der Waals surface area contributed by atoms with E-state index in [2.05, 4.69) is 79.9 Å². The highest BCUT2D eigenvalue weighted by atomic mass is 127. The number of aryl methyl sites for hydroxylation is 1. The second-order valence-electron chi connectivity index (χ2n) is 6.33. The molecule has 26 heavy (non-hydrogen) atoms. The maximum Gasteiger partial charge on any atom is 0.191 e. The predicted octanol–water partition coefficient (Wildman–Crippen LogP) is 4.25. The Bertz CT molecular complexity index is 682. The van der Waals surface area contributed by atoms with Gasteiger partial charge in [-0.2, -0.15) is 0 Å². The van der Waals surface area contributed by atoms with Crippen molar-refractivity contribution in [3.8, 4) is 0 Å². The van der Waals surface area contributed by atoms with Gasteiger partial charge in [-0.15, -0.1) is 35.3 Å². The van der Waals surface area contributed by atoms with Crippen molar-refractivity contribution in [1.82, 2.24) is 15.5 Å². The zero-order valence-electron chi connectivity index (χ0n) is 16.2. The van der Waals surface area contributed by atoms with Gasteiger partial charge in [0.05, 0.1) is 13.1 Å². The summed E-state index contributed by atoms with van der Waals surface area (Å²) in [6.45, 7) is 7.60. The summed E-state index contributed by atoms with van der Waals surface area (Å²) in [5.41, 5.74) is 2.56. The Morgan fingerprint density at radius 2 is 1.77 bits per heavy atom. The molecule has 2 rings (SSSR count). The SMILES string of the molecule is CCNC(=NCc1cccc(CN(C)C)c1)NCc1ccc(CC)s1.I. The highest BCUT2D eigenvalue weighted by molar-refractivity contribution is 14.0. The van der Waals surface area contributed by atoms with E-state index in [0.29, 0.717) is 6.54 Å². The van der Waals surface area contributed by atoms with Gasteiger partial charge in [0.1, 0.15) is 0 Å². The van der Waals surface area contributed by atoms with Gasteiger partial charge in [-0.1, -0.05) is 31.2 Å². The Kier molecular flexibility index (Phi) is 10.8. The van der Waals surface area contributed by atoms with Crippen molar-refractivity contribution in [2.75, 3.05) is 20.6 Å². The quantitative estimate of drug-likeness (QED) is 0.333. The van der Waals surface area contributed by atoms with Crippen LogP contribution in [0.2, 0.25) is 0 Å². The number of rotatable bonds is 8. The summed E-state index contributed by atoms with van der Waals surface area (Å²) >= 11 is 1.87. The van der Waals surface area contributed by atoms with Gasteiger partial charge >= 0.3 is 0 Å². The van der Waals surface area contributed by atoms with Crippen LogP contribution in [0.25, 0.3) is 0 Å². The maximum absolute atomic E-state index is 4.73. The van der Waals surface area contributed by atoms with Crippen molar-refractivity contribution in [3.05, 3.63) is 57.3 Å². The largest absolute Gasteiger partial charge is 0.357 e. The molecule has 0 amide bonds. The molecule has 4 nitrogen and oxygen atoms in total. The van der Waals surface area contributed by atoms with Crippen LogP contribution in [-0.4, -0.2) is 31.5 Å². The van der Waals surface area contributed by atoms with Gasteiger partial charge in [0.2, 0.25) is 0 Å². The summed E-state index contributed by atoms with van der Waals surface area (Å²) < 4.78 is 0. The minimum Gasteiger partial charge on any atom is -0.357 e. The summed E-state index contributed by atoms with van der Waals surface area (Å²) in [4.78, 5) is 9.68. The second-order valence-corrected chi connectivity index (χ2v) is 7.58. The molecule has 0 aliphatic carbocycles. The first-order valence-electron chi connectivity index (χ1n) is 8.93. The lowest BCUT2D eigenvalue weighted by Gasteiger charge is -2.12. The summed E-state index contributed by atoms with van der Waals surface area (Å²) in [5, 5.41) is 6.76. The van der Waals surface area contributed by atoms with Crippen molar-refractivity contribution in [1.29, 1.82) is 0 Å². The van der Waals surface area contributed by atoms with Crippen LogP contribution in [0.1, 0.15) is 34.7 Å². The van der Waals surface area contributed by atoms with E-state index in [4.69, 9.17) is 4.99 Å². The number of nitrogens with zero attached hydrogens (tertiary/aromatic N) is 2. The molecule has 6 heteroatoms. The van der Waals surface area contributed by atoms with E-state index in [-0.39, 0.29) is 24.0 Å². The average Bonchev–Trinajstić information content (AvgIpc) is 3.05. The Morgan fingerprint density at radius 3 is 2.42 bits per heavy atom. The highest BCUT2D eigenvalue weighted by Gasteiger charge is 2.02.